The third kappa shape index (κ3) is 3.93. The highest BCUT2D eigenvalue weighted by Crippen LogP contribution is 2.38. The first-order chi connectivity index (χ1) is 15.5. The van der Waals surface area contributed by atoms with E-state index in [1.54, 1.807) is 31.2 Å². The van der Waals surface area contributed by atoms with Crippen molar-refractivity contribution in [1.29, 1.82) is 0 Å². The van der Waals surface area contributed by atoms with Gasteiger partial charge in [0.25, 0.3) is 0 Å². The van der Waals surface area contributed by atoms with Gasteiger partial charge in [-0.05, 0) is 41.0 Å². The summed E-state index contributed by atoms with van der Waals surface area (Å²) in [6.45, 7) is 5.63. The van der Waals surface area contributed by atoms with Crippen LogP contribution in [0.25, 0.3) is 16.5 Å². The Kier molecular flexibility index (Phi) is 5.90. The summed E-state index contributed by atoms with van der Waals surface area (Å²) < 4.78 is 13.3. The smallest absolute Gasteiger partial charge is 0.323 e. The van der Waals surface area contributed by atoms with Crippen LogP contribution >= 0.6 is 0 Å². The molecule has 2 amide bonds. The Balaban J connectivity index is 1.74. The van der Waals surface area contributed by atoms with E-state index >= 15 is 0 Å². The summed E-state index contributed by atoms with van der Waals surface area (Å²) >= 11 is 0. The van der Waals surface area contributed by atoms with Gasteiger partial charge in [-0.3, -0.25) is 19.3 Å². The van der Waals surface area contributed by atoms with E-state index in [4.69, 9.17) is 0 Å². The standard InChI is InChI=1S/C21H17BFN6O3/c1-3-15(10-8-13(2)29-21(22-32-23)25-26-27-29)28-17-11-9-14-6-4-5-7-16(14)20(17)24-18(30)12-19(28)31/h3-11H,2,12H2,1H3,(H,24,30)/b10-8-,15-3+. The van der Waals surface area contributed by atoms with E-state index in [0.717, 1.165) is 18.3 Å². The molecule has 1 aliphatic heterocycles. The minimum absolute atomic E-state index is 0.00152. The first kappa shape index (κ1) is 21.1. The second kappa shape index (κ2) is 8.94. The maximum absolute atomic E-state index is 13.0. The van der Waals surface area contributed by atoms with Crippen molar-refractivity contribution in [2.24, 2.45) is 0 Å². The number of fused-ring (bicyclic) bond motifs is 3. The van der Waals surface area contributed by atoms with Crippen molar-refractivity contribution in [2.75, 3.05) is 10.2 Å². The maximum atomic E-state index is 13.0. The lowest BCUT2D eigenvalue weighted by Crippen LogP contribution is -2.30. The van der Waals surface area contributed by atoms with Crippen molar-refractivity contribution in [1.82, 2.24) is 20.2 Å². The van der Waals surface area contributed by atoms with Gasteiger partial charge in [-0.2, -0.15) is 0 Å². The zero-order valence-electron chi connectivity index (χ0n) is 17.0. The summed E-state index contributed by atoms with van der Waals surface area (Å²) in [7, 11) is 0.729. The van der Waals surface area contributed by atoms with Gasteiger partial charge in [0.05, 0.1) is 17.1 Å². The van der Waals surface area contributed by atoms with Crippen molar-refractivity contribution >= 4 is 52.9 Å². The van der Waals surface area contributed by atoms with Crippen LogP contribution in [0.3, 0.4) is 0 Å². The van der Waals surface area contributed by atoms with Crippen LogP contribution in [0.5, 0.6) is 0 Å². The molecule has 0 saturated carbocycles. The molecule has 159 valence electrons. The Hall–Kier alpha value is -4.12. The number of aromatic nitrogens is 4. The van der Waals surface area contributed by atoms with Crippen molar-refractivity contribution in [3.8, 4) is 0 Å². The maximum Gasteiger partial charge on any atom is 0.437 e. The van der Waals surface area contributed by atoms with Gasteiger partial charge in [-0.25, -0.2) is 4.68 Å². The van der Waals surface area contributed by atoms with Crippen LogP contribution in [0, 0.1) is 0 Å². The summed E-state index contributed by atoms with van der Waals surface area (Å²) in [5.74, 6) is -0.777. The minimum Gasteiger partial charge on any atom is -0.323 e. The molecule has 4 rings (SSSR count). The predicted molar refractivity (Wildman–Crippen MR) is 118 cm³/mol. The van der Waals surface area contributed by atoms with Gasteiger partial charge in [-0.1, -0.05) is 47.5 Å². The molecule has 0 atom stereocenters. The fraction of sp³-hybridized carbons (Fsp3) is 0.0952. The molecule has 0 spiro atoms. The van der Waals surface area contributed by atoms with Crippen LogP contribution < -0.4 is 15.9 Å². The first-order valence-electron chi connectivity index (χ1n) is 9.60. The van der Waals surface area contributed by atoms with Gasteiger partial charge in [0, 0.05) is 11.1 Å². The molecule has 9 nitrogen and oxygen atoms in total. The van der Waals surface area contributed by atoms with Crippen LogP contribution in [-0.4, -0.2) is 39.5 Å². The predicted octanol–water partition coefficient (Wildman–Crippen LogP) is 2.28. The number of carbonyl (C=O) groups is 2. The number of anilines is 2. The molecule has 1 N–H and O–H groups in total. The van der Waals surface area contributed by atoms with Gasteiger partial charge >= 0.3 is 7.48 Å². The van der Waals surface area contributed by atoms with E-state index in [9.17, 15) is 14.1 Å². The molecular weight excluding hydrogens is 414 g/mol. The van der Waals surface area contributed by atoms with E-state index in [1.807, 2.05) is 30.3 Å². The third-order valence-electron chi connectivity index (χ3n) is 4.89. The average Bonchev–Trinajstić information content (AvgIpc) is 3.20. The number of nitrogens with zero attached hydrogens (tertiary/aromatic N) is 5. The summed E-state index contributed by atoms with van der Waals surface area (Å²) in [5.41, 5.74) is 1.91. The topological polar surface area (TPSA) is 102 Å². The Bertz CT molecular complexity index is 1290. The normalized spacial score (nSPS) is 14.4. The number of allylic oxidation sites excluding steroid dienone is 4. The number of tetrazole rings is 1. The van der Waals surface area contributed by atoms with Gasteiger partial charge in [0.1, 0.15) is 6.42 Å². The SMILES string of the molecule is C=C(/C=C\C(=C/C)N1C(=O)CC(=O)Nc2c1ccc1ccccc21)n1nnnc1[B]OF. The molecule has 11 heteroatoms. The van der Waals surface area contributed by atoms with Crippen LogP contribution in [-0.2, 0) is 14.4 Å². The number of nitrogens with one attached hydrogen (secondary N) is 1. The Morgan fingerprint density at radius 1 is 1.25 bits per heavy atom. The fourth-order valence-electron chi connectivity index (χ4n) is 3.46. The zero-order chi connectivity index (χ0) is 22.7. The monoisotopic (exact) mass is 431 g/mol. The second-order valence-corrected chi connectivity index (χ2v) is 6.83. The number of amides is 2. The Morgan fingerprint density at radius 3 is 2.84 bits per heavy atom. The van der Waals surface area contributed by atoms with Crippen LogP contribution in [0.1, 0.15) is 13.3 Å². The summed E-state index contributed by atoms with van der Waals surface area (Å²) in [6, 6.07) is 11.3. The highest BCUT2D eigenvalue weighted by atomic mass is 19.3. The van der Waals surface area contributed by atoms with Crippen molar-refractivity contribution in [2.45, 2.75) is 13.3 Å². The lowest BCUT2D eigenvalue weighted by Gasteiger charge is -2.24. The van der Waals surface area contributed by atoms with Crippen molar-refractivity contribution in [3.63, 3.8) is 0 Å². The number of hydrogen-bond donors (Lipinski definition) is 1. The molecule has 2 aromatic carbocycles. The highest BCUT2D eigenvalue weighted by molar-refractivity contribution is 6.44. The largest absolute Gasteiger partial charge is 0.437 e. The van der Waals surface area contributed by atoms with Crippen LogP contribution in [0.2, 0.25) is 0 Å². The van der Waals surface area contributed by atoms with Gasteiger partial charge in [0.15, 0.2) is 5.72 Å². The van der Waals surface area contributed by atoms with E-state index in [-0.39, 0.29) is 24.0 Å². The molecule has 0 aliphatic carbocycles. The van der Waals surface area contributed by atoms with E-state index < -0.39 is 0 Å². The van der Waals surface area contributed by atoms with Gasteiger partial charge < -0.3 is 5.32 Å². The Labute approximate surface area is 183 Å². The molecule has 0 saturated heterocycles. The van der Waals surface area contributed by atoms with E-state index in [1.165, 1.54) is 9.58 Å². The number of rotatable bonds is 6. The van der Waals surface area contributed by atoms with E-state index in [0.29, 0.717) is 22.8 Å². The molecular formula is C21H17BFN6O3. The second-order valence-electron chi connectivity index (χ2n) is 6.83. The molecule has 1 radical (unpaired) electrons. The first-order valence-corrected chi connectivity index (χ1v) is 9.60. The van der Waals surface area contributed by atoms with Crippen molar-refractivity contribution < 1.29 is 19.0 Å². The molecule has 0 unspecified atom stereocenters. The molecule has 0 fully saturated rings. The third-order valence-corrected chi connectivity index (χ3v) is 4.89. The van der Waals surface area contributed by atoms with E-state index in [2.05, 4.69) is 32.3 Å². The number of benzene rings is 2. The lowest BCUT2D eigenvalue weighted by molar-refractivity contribution is -0.124. The fourth-order valence-corrected chi connectivity index (χ4v) is 3.46. The minimum atomic E-state index is -0.390. The van der Waals surface area contributed by atoms with Crippen LogP contribution in [0.4, 0.5) is 15.9 Å². The molecule has 32 heavy (non-hydrogen) atoms. The van der Waals surface area contributed by atoms with Gasteiger partial charge in [-0.15, -0.1) is 5.10 Å². The summed E-state index contributed by atoms with van der Waals surface area (Å²) in [5, 5.41) is 15.4. The number of carbonyl (C=O) groups excluding carboxylic acids is 2. The molecule has 2 heterocycles. The molecule has 0 bridgehead atoms. The molecule has 1 aliphatic rings. The zero-order valence-corrected chi connectivity index (χ0v) is 17.0. The highest BCUT2D eigenvalue weighted by Gasteiger charge is 2.29. The van der Waals surface area contributed by atoms with Gasteiger partial charge in [0.2, 0.25) is 11.8 Å². The van der Waals surface area contributed by atoms with Crippen LogP contribution in [0.15, 0.2) is 66.9 Å². The molecule has 3 aromatic rings. The number of halogens is 1. The summed E-state index contributed by atoms with van der Waals surface area (Å²) in [6.07, 6.45) is 4.62. The lowest BCUT2D eigenvalue weighted by atomic mass is 10.0. The summed E-state index contributed by atoms with van der Waals surface area (Å²) in [4.78, 5) is 30.3. The quantitative estimate of drug-likeness (QED) is 0.365. The number of hydrogen-bond acceptors (Lipinski definition) is 6. The molecule has 1 aromatic heterocycles. The van der Waals surface area contributed by atoms with Crippen molar-refractivity contribution in [3.05, 3.63) is 66.9 Å². The average molecular weight is 431 g/mol. The Morgan fingerprint density at radius 2 is 2.06 bits per heavy atom.